The molecule has 0 aromatic heterocycles. The number of benzene rings is 1. The molecular formula is C18H24F2N2O2. The Morgan fingerprint density at radius 3 is 2.62 bits per heavy atom. The lowest BCUT2D eigenvalue weighted by molar-refractivity contribution is -0.141. The number of halogens is 2. The molecule has 2 unspecified atom stereocenters. The zero-order valence-corrected chi connectivity index (χ0v) is 14.3. The zero-order chi connectivity index (χ0) is 17.9. The van der Waals surface area contributed by atoms with Gasteiger partial charge in [-0.3, -0.25) is 9.59 Å². The molecule has 0 spiro atoms. The first-order chi connectivity index (χ1) is 11.3. The van der Waals surface area contributed by atoms with Crippen LogP contribution in [0.15, 0.2) is 18.2 Å². The Morgan fingerprint density at radius 2 is 2.04 bits per heavy atom. The molecule has 2 amide bonds. The molecule has 0 radical (unpaired) electrons. The van der Waals surface area contributed by atoms with Gasteiger partial charge in [0.25, 0.3) is 0 Å². The molecule has 2 rings (SSSR count). The van der Waals surface area contributed by atoms with Crippen molar-refractivity contribution in [3.05, 3.63) is 35.4 Å². The summed E-state index contributed by atoms with van der Waals surface area (Å²) >= 11 is 0. The molecule has 1 aliphatic rings. The summed E-state index contributed by atoms with van der Waals surface area (Å²) in [6.07, 6.45) is 1.85. The van der Waals surface area contributed by atoms with Crippen molar-refractivity contribution < 1.29 is 18.4 Å². The van der Waals surface area contributed by atoms with Gasteiger partial charge in [-0.25, -0.2) is 8.78 Å². The Kier molecular flexibility index (Phi) is 5.91. The zero-order valence-electron chi connectivity index (χ0n) is 14.3. The number of nitrogens with one attached hydrogen (secondary N) is 1. The topological polar surface area (TPSA) is 49.4 Å². The van der Waals surface area contributed by atoms with Crippen LogP contribution in [-0.2, 0) is 9.59 Å². The van der Waals surface area contributed by atoms with E-state index in [1.807, 2.05) is 6.92 Å². The van der Waals surface area contributed by atoms with Crippen molar-refractivity contribution in [2.75, 3.05) is 6.54 Å². The van der Waals surface area contributed by atoms with Crippen molar-refractivity contribution in [3.63, 3.8) is 0 Å². The monoisotopic (exact) mass is 338 g/mol. The minimum atomic E-state index is -0.677. The number of carbonyl (C=O) groups is 2. The van der Waals surface area contributed by atoms with E-state index in [4.69, 9.17) is 0 Å². The van der Waals surface area contributed by atoms with Crippen LogP contribution in [0, 0.1) is 17.6 Å². The molecule has 4 nitrogen and oxygen atoms in total. The lowest BCUT2D eigenvalue weighted by atomic mass is 10.0. The minimum Gasteiger partial charge on any atom is -0.347 e. The summed E-state index contributed by atoms with van der Waals surface area (Å²) < 4.78 is 27.0. The van der Waals surface area contributed by atoms with Crippen LogP contribution in [0.1, 0.15) is 51.6 Å². The average Bonchev–Trinajstić information content (AvgIpc) is 3.01. The predicted octanol–water partition coefficient (Wildman–Crippen LogP) is 3.18. The summed E-state index contributed by atoms with van der Waals surface area (Å²) in [6, 6.07) is 2.28. The summed E-state index contributed by atoms with van der Waals surface area (Å²) in [5.74, 6) is -1.83. The van der Waals surface area contributed by atoms with Gasteiger partial charge in [0, 0.05) is 24.1 Å². The first-order valence-electron chi connectivity index (χ1n) is 8.41. The molecule has 1 heterocycles. The molecule has 132 valence electrons. The second kappa shape index (κ2) is 7.73. The van der Waals surface area contributed by atoms with E-state index in [2.05, 4.69) is 5.32 Å². The Morgan fingerprint density at radius 1 is 1.33 bits per heavy atom. The van der Waals surface area contributed by atoms with E-state index in [-0.39, 0.29) is 23.3 Å². The van der Waals surface area contributed by atoms with Crippen LogP contribution in [-0.4, -0.2) is 29.3 Å². The molecule has 1 aromatic carbocycles. The highest BCUT2D eigenvalue weighted by Gasteiger charge is 2.35. The molecular weight excluding hydrogens is 314 g/mol. The van der Waals surface area contributed by atoms with Crippen molar-refractivity contribution >= 4 is 11.8 Å². The van der Waals surface area contributed by atoms with Gasteiger partial charge in [-0.15, -0.1) is 0 Å². The van der Waals surface area contributed by atoms with E-state index in [0.717, 1.165) is 12.5 Å². The van der Waals surface area contributed by atoms with Gasteiger partial charge in [0.05, 0.1) is 6.04 Å². The molecule has 1 saturated heterocycles. The number of rotatable bonds is 5. The van der Waals surface area contributed by atoms with E-state index >= 15 is 0 Å². The molecule has 0 bridgehead atoms. The number of hydrogen-bond acceptors (Lipinski definition) is 2. The third-order valence-corrected chi connectivity index (χ3v) is 4.40. The first kappa shape index (κ1) is 18.4. The molecule has 6 heteroatoms. The fourth-order valence-corrected chi connectivity index (χ4v) is 3.09. The van der Waals surface area contributed by atoms with Gasteiger partial charge in [-0.1, -0.05) is 26.8 Å². The summed E-state index contributed by atoms with van der Waals surface area (Å²) in [4.78, 5) is 26.4. The van der Waals surface area contributed by atoms with Crippen LogP contribution in [0.25, 0.3) is 0 Å². The van der Waals surface area contributed by atoms with E-state index < -0.39 is 23.7 Å². The second-order valence-electron chi connectivity index (χ2n) is 6.48. The third-order valence-electron chi connectivity index (χ3n) is 4.40. The minimum absolute atomic E-state index is 0.0475. The third kappa shape index (κ3) is 3.91. The number of hydrogen-bond donors (Lipinski definition) is 1. The van der Waals surface area contributed by atoms with Crippen molar-refractivity contribution in [1.82, 2.24) is 10.2 Å². The highest BCUT2D eigenvalue weighted by atomic mass is 19.1. The van der Waals surface area contributed by atoms with E-state index in [1.165, 1.54) is 12.1 Å². The summed E-state index contributed by atoms with van der Waals surface area (Å²) in [5.41, 5.74) is 0.256. The number of amides is 2. The quantitative estimate of drug-likeness (QED) is 0.896. The average molecular weight is 338 g/mol. The van der Waals surface area contributed by atoms with E-state index in [0.29, 0.717) is 19.4 Å². The smallest absolute Gasteiger partial charge is 0.243 e. The normalized spacial score (nSPS) is 18.8. The van der Waals surface area contributed by atoms with Crippen molar-refractivity contribution in [2.24, 2.45) is 5.92 Å². The van der Waals surface area contributed by atoms with Crippen LogP contribution in [0.2, 0.25) is 0 Å². The van der Waals surface area contributed by atoms with Gasteiger partial charge >= 0.3 is 0 Å². The SMILES string of the molecule is CCC(NC(=O)C1CCCN1C(=O)C(C)C)c1ccc(F)cc1F. The lowest BCUT2D eigenvalue weighted by Gasteiger charge is -2.27. The highest BCUT2D eigenvalue weighted by molar-refractivity contribution is 5.89. The van der Waals surface area contributed by atoms with Gasteiger partial charge < -0.3 is 10.2 Å². The molecule has 1 aromatic rings. The summed E-state index contributed by atoms with van der Waals surface area (Å²) in [6.45, 7) is 5.99. The molecule has 1 aliphatic heterocycles. The fourth-order valence-electron chi connectivity index (χ4n) is 3.09. The summed E-state index contributed by atoms with van der Waals surface area (Å²) in [7, 11) is 0. The van der Waals surface area contributed by atoms with Crippen LogP contribution in [0.4, 0.5) is 8.78 Å². The predicted molar refractivity (Wildman–Crippen MR) is 87.1 cm³/mol. The molecule has 0 saturated carbocycles. The Labute approximate surface area is 141 Å². The van der Waals surface area contributed by atoms with Crippen LogP contribution in [0.3, 0.4) is 0 Å². The molecule has 1 fully saturated rings. The van der Waals surface area contributed by atoms with Crippen molar-refractivity contribution in [2.45, 2.75) is 52.1 Å². The van der Waals surface area contributed by atoms with Gasteiger partial charge in [0.2, 0.25) is 11.8 Å². The summed E-state index contributed by atoms with van der Waals surface area (Å²) in [5, 5.41) is 2.81. The second-order valence-corrected chi connectivity index (χ2v) is 6.48. The number of nitrogens with zero attached hydrogens (tertiary/aromatic N) is 1. The number of carbonyl (C=O) groups excluding carboxylic acids is 2. The van der Waals surface area contributed by atoms with Crippen molar-refractivity contribution in [3.8, 4) is 0 Å². The Balaban J connectivity index is 2.12. The number of likely N-dealkylation sites (tertiary alicyclic amines) is 1. The first-order valence-corrected chi connectivity index (χ1v) is 8.41. The van der Waals surface area contributed by atoms with E-state index in [1.54, 1.807) is 18.7 Å². The molecule has 24 heavy (non-hydrogen) atoms. The maximum Gasteiger partial charge on any atom is 0.243 e. The standard InChI is InChI=1S/C18H24F2N2O2/c1-4-15(13-8-7-12(19)10-14(13)20)21-17(23)16-6-5-9-22(16)18(24)11(2)3/h7-8,10-11,15-16H,4-6,9H2,1-3H3,(H,21,23). The lowest BCUT2D eigenvalue weighted by Crippen LogP contribution is -2.48. The van der Waals surface area contributed by atoms with Gasteiger partial charge in [0.1, 0.15) is 17.7 Å². The Bertz CT molecular complexity index is 619. The molecule has 1 N–H and O–H groups in total. The fraction of sp³-hybridized carbons (Fsp3) is 0.556. The largest absolute Gasteiger partial charge is 0.347 e. The highest BCUT2D eigenvalue weighted by Crippen LogP contribution is 2.24. The maximum atomic E-state index is 14.0. The maximum absolute atomic E-state index is 14.0. The van der Waals surface area contributed by atoms with Crippen LogP contribution >= 0.6 is 0 Å². The van der Waals surface area contributed by atoms with E-state index in [9.17, 15) is 18.4 Å². The van der Waals surface area contributed by atoms with Gasteiger partial charge in [0.15, 0.2) is 0 Å². The molecule has 0 aliphatic carbocycles. The van der Waals surface area contributed by atoms with Gasteiger partial charge in [-0.2, -0.15) is 0 Å². The Hall–Kier alpha value is -1.98. The van der Waals surface area contributed by atoms with Gasteiger partial charge in [-0.05, 0) is 25.3 Å². The van der Waals surface area contributed by atoms with Crippen molar-refractivity contribution in [1.29, 1.82) is 0 Å². The molecule has 2 atom stereocenters. The van der Waals surface area contributed by atoms with Crippen LogP contribution < -0.4 is 5.32 Å². The van der Waals surface area contributed by atoms with Crippen LogP contribution in [0.5, 0.6) is 0 Å².